The van der Waals surface area contributed by atoms with Crippen molar-refractivity contribution in [3.8, 4) is 0 Å². The van der Waals surface area contributed by atoms with Crippen molar-refractivity contribution in [2.75, 3.05) is 20.8 Å². The molecule has 0 aromatic heterocycles. The number of hydrogen-bond acceptors (Lipinski definition) is 2. The van der Waals surface area contributed by atoms with E-state index in [9.17, 15) is 0 Å². The van der Waals surface area contributed by atoms with Gasteiger partial charge in [-0.05, 0) is 6.92 Å². The fourth-order valence-corrected chi connectivity index (χ4v) is 0.426. The van der Waals surface area contributed by atoms with E-state index in [4.69, 9.17) is 21.1 Å². The maximum absolute atomic E-state index is 5.67. The second-order valence-electron chi connectivity index (χ2n) is 1.74. The highest BCUT2D eigenvalue weighted by Crippen LogP contribution is 2.13. The molecule has 0 amide bonds. The van der Waals surface area contributed by atoms with Crippen molar-refractivity contribution in [3.63, 3.8) is 0 Å². The number of ether oxygens (including phenoxy) is 2. The van der Waals surface area contributed by atoms with Crippen molar-refractivity contribution < 1.29 is 9.47 Å². The van der Waals surface area contributed by atoms with Crippen molar-refractivity contribution >= 4 is 11.6 Å². The summed E-state index contributed by atoms with van der Waals surface area (Å²) >= 11 is 5.67. The van der Waals surface area contributed by atoms with Crippen LogP contribution in [0, 0.1) is 0 Å². The van der Waals surface area contributed by atoms with Gasteiger partial charge in [-0.3, -0.25) is 0 Å². The van der Waals surface area contributed by atoms with Crippen LogP contribution in [0.3, 0.4) is 0 Å². The summed E-state index contributed by atoms with van der Waals surface area (Å²) in [5.74, 6) is 0. The first-order valence-corrected chi connectivity index (χ1v) is 2.73. The molecule has 0 aromatic rings. The van der Waals surface area contributed by atoms with Gasteiger partial charge in [-0.2, -0.15) is 0 Å². The number of hydrogen-bond donors (Lipinski definition) is 0. The molecule has 0 N–H and O–H groups in total. The van der Waals surface area contributed by atoms with Crippen LogP contribution in [-0.4, -0.2) is 25.9 Å². The SMILES string of the molecule is COCC(C)(Cl)OC. The van der Waals surface area contributed by atoms with Crippen molar-refractivity contribution in [3.05, 3.63) is 0 Å². The molecule has 0 heterocycles. The zero-order chi connectivity index (χ0) is 6.62. The average Bonchev–Trinajstić information content (AvgIpc) is 1.67. The lowest BCUT2D eigenvalue weighted by molar-refractivity contribution is 0.00936. The fraction of sp³-hybridized carbons (Fsp3) is 1.00. The Bertz CT molecular complexity index is 63.4. The molecule has 0 bridgehead atoms. The number of alkyl halides is 1. The normalized spacial score (nSPS) is 18.0. The molecule has 0 aliphatic rings. The molecule has 0 aliphatic carbocycles. The van der Waals surface area contributed by atoms with Gasteiger partial charge in [0.25, 0.3) is 0 Å². The molecule has 50 valence electrons. The van der Waals surface area contributed by atoms with Gasteiger partial charge in [-0.15, -0.1) is 0 Å². The van der Waals surface area contributed by atoms with Gasteiger partial charge in [-0.1, -0.05) is 11.6 Å². The summed E-state index contributed by atoms with van der Waals surface area (Å²) in [6, 6.07) is 0. The van der Waals surface area contributed by atoms with E-state index in [1.54, 1.807) is 21.1 Å². The topological polar surface area (TPSA) is 18.5 Å². The fourth-order valence-electron chi connectivity index (χ4n) is 0.317. The molecule has 2 nitrogen and oxygen atoms in total. The smallest absolute Gasteiger partial charge is 0.161 e. The first kappa shape index (κ1) is 8.21. The summed E-state index contributed by atoms with van der Waals surface area (Å²) in [7, 11) is 3.13. The maximum atomic E-state index is 5.67. The zero-order valence-electron chi connectivity index (χ0n) is 5.40. The minimum Gasteiger partial charge on any atom is -0.380 e. The molecule has 0 aliphatic heterocycles. The third-order valence-electron chi connectivity index (χ3n) is 0.828. The second-order valence-corrected chi connectivity index (χ2v) is 2.54. The lowest BCUT2D eigenvalue weighted by atomic mass is 10.4. The van der Waals surface area contributed by atoms with Gasteiger partial charge in [0.05, 0.1) is 6.61 Å². The molecule has 1 unspecified atom stereocenters. The average molecular weight is 139 g/mol. The Labute approximate surface area is 54.7 Å². The molecule has 8 heavy (non-hydrogen) atoms. The summed E-state index contributed by atoms with van der Waals surface area (Å²) in [5, 5.41) is -0.658. The predicted molar refractivity (Wildman–Crippen MR) is 33.1 cm³/mol. The molecular weight excluding hydrogens is 128 g/mol. The van der Waals surface area contributed by atoms with Gasteiger partial charge in [0, 0.05) is 14.2 Å². The van der Waals surface area contributed by atoms with Crippen molar-refractivity contribution in [2.45, 2.75) is 12.0 Å². The van der Waals surface area contributed by atoms with E-state index < -0.39 is 5.06 Å². The standard InChI is InChI=1S/C5H11ClO2/c1-5(6,8-3)4-7-2/h4H2,1-3H3. The van der Waals surface area contributed by atoms with E-state index in [1.807, 2.05) is 0 Å². The van der Waals surface area contributed by atoms with Crippen LogP contribution in [0.25, 0.3) is 0 Å². The van der Waals surface area contributed by atoms with E-state index in [0.717, 1.165) is 0 Å². The Morgan fingerprint density at radius 3 is 2.12 bits per heavy atom. The van der Waals surface area contributed by atoms with Crippen molar-refractivity contribution in [1.82, 2.24) is 0 Å². The van der Waals surface area contributed by atoms with Gasteiger partial charge >= 0.3 is 0 Å². The van der Waals surface area contributed by atoms with Crippen LogP contribution in [0.5, 0.6) is 0 Å². The van der Waals surface area contributed by atoms with Gasteiger partial charge in [-0.25, -0.2) is 0 Å². The van der Waals surface area contributed by atoms with Gasteiger partial charge in [0.2, 0.25) is 0 Å². The van der Waals surface area contributed by atoms with Crippen LogP contribution < -0.4 is 0 Å². The van der Waals surface area contributed by atoms with Crippen LogP contribution in [0.1, 0.15) is 6.92 Å². The van der Waals surface area contributed by atoms with E-state index in [2.05, 4.69) is 0 Å². The quantitative estimate of drug-likeness (QED) is 0.547. The first-order valence-electron chi connectivity index (χ1n) is 2.35. The molecule has 0 saturated heterocycles. The minimum atomic E-state index is -0.658. The molecule has 0 radical (unpaired) electrons. The van der Waals surface area contributed by atoms with E-state index >= 15 is 0 Å². The van der Waals surface area contributed by atoms with E-state index in [1.165, 1.54) is 0 Å². The molecule has 0 spiro atoms. The summed E-state index contributed by atoms with van der Waals surface area (Å²) in [4.78, 5) is 0. The summed E-state index contributed by atoms with van der Waals surface area (Å²) in [5.41, 5.74) is 0. The van der Waals surface area contributed by atoms with Crippen LogP contribution in [-0.2, 0) is 9.47 Å². The highest BCUT2D eigenvalue weighted by molar-refractivity contribution is 6.22. The van der Waals surface area contributed by atoms with Crippen LogP contribution in [0.4, 0.5) is 0 Å². The lowest BCUT2D eigenvalue weighted by Gasteiger charge is -2.17. The monoisotopic (exact) mass is 138 g/mol. The van der Waals surface area contributed by atoms with Crippen LogP contribution >= 0.6 is 11.6 Å². The molecular formula is C5H11ClO2. The maximum Gasteiger partial charge on any atom is 0.161 e. The summed E-state index contributed by atoms with van der Waals surface area (Å²) < 4.78 is 9.56. The largest absolute Gasteiger partial charge is 0.380 e. The van der Waals surface area contributed by atoms with Gasteiger partial charge in [0.15, 0.2) is 5.06 Å². The Hall–Kier alpha value is 0.210. The molecule has 3 heteroatoms. The van der Waals surface area contributed by atoms with Gasteiger partial charge < -0.3 is 9.47 Å². The predicted octanol–water partition coefficient (Wildman–Crippen LogP) is 1.23. The number of halogens is 1. The molecule has 0 aromatic carbocycles. The first-order chi connectivity index (χ1) is 3.62. The number of methoxy groups -OCH3 is 2. The third kappa shape index (κ3) is 3.24. The number of rotatable bonds is 3. The molecule has 1 atom stereocenters. The van der Waals surface area contributed by atoms with E-state index in [-0.39, 0.29) is 0 Å². The molecule has 0 saturated carbocycles. The second kappa shape index (κ2) is 3.28. The Balaban J connectivity index is 3.37. The Morgan fingerprint density at radius 2 is 2.00 bits per heavy atom. The summed E-state index contributed by atoms with van der Waals surface area (Å²) in [6.45, 7) is 2.16. The minimum absolute atomic E-state index is 0.408. The molecule has 0 fully saturated rings. The highest BCUT2D eigenvalue weighted by atomic mass is 35.5. The van der Waals surface area contributed by atoms with Crippen LogP contribution in [0.2, 0.25) is 0 Å². The van der Waals surface area contributed by atoms with Crippen molar-refractivity contribution in [1.29, 1.82) is 0 Å². The lowest BCUT2D eigenvalue weighted by Crippen LogP contribution is -2.24. The highest BCUT2D eigenvalue weighted by Gasteiger charge is 2.17. The van der Waals surface area contributed by atoms with Crippen molar-refractivity contribution in [2.24, 2.45) is 0 Å². The summed E-state index contributed by atoms with van der Waals surface area (Å²) in [6.07, 6.45) is 0. The third-order valence-corrected chi connectivity index (χ3v) is 1.09. The Kier molecular flexibility index (Phi) is 3.36. The van der Waals surface area contributed by atoms with Crippen LogP contribution in [0.15, 0.2) is 0 Å². The van der Waals surface area contributed by atoms with Gasteiger partial charge in [0.1, 0.15) is 0 Å². The Morgan fingerprint density at radius 1 is 1.50 bits per heavy atom. The van der Waals surface area contributed by atoms with E-state index in [0.29, 0.717) is 6.61 Å². The molecule has 0 rings (SSSR count). The zero-order valence-corrected chi connectivity index (χ0v) is 6.16.